The third-order valence-electron chi connectivity index (χ3n) is 6.39. The van der Waals surface area contributed by atoms with Crippen molar-refractivity contribution in [3.63, 3.8) is 0 Å². The van der Waals surface area contributed by atoms with Crippen molar-refractivity contribution in [2.24, 2.45) is 5.92 Å². The molecule has 2 N–H and O–H groups in total. The predicted octanol–water partition coefficient (Wildman–Crippen LogP) is 4.76. The van der Waals surface area contributed by atoms with Gasteiger partial charge in [-0.05, 0) is 67.7 Å². The maximum atomic E-state index is 12.7. The average Bonchev–Trinajstić information content (AvgIpc) is 3.51. The lowest BCUT2D eigenvalue weighted by Crippen LogP contribution is -2.35. The number of amides is 1. The second kappa shape index (κ2) is 11.0. The standard InChI is InChI=1S/C26H31ClN2O5S/c1-2-13-35(32,33)29-25(30)16-34-24-12-9-19(15-22(24)27)21(14-17-5-3-4-6-17)23-11-10-20(18-7-8-18)26(31)28-23/h9-12,14-15,17-18H,2-8,13,16H2,1H3,(H,28,31)(H,29,30)/b21-14+. The van der Waals surface area contributed by atoms with Gasteiger partial charge in [0.2, 0.25) is 10.0 Å². The number of hydrogen-bond donors (Lipinski definition) is 2. The smallest absolute Gasteiger partial charge is 0.271 e. The molecule has 2 fully saturated rings. The number of carbonyl (C=O) groups excluding carboxylic acids is 1. The van der Waals surface area contributed by atoms with E-state index in [0.29, 0.717) is 23.3 Å². The first-order valence-electron chi connectivity index (χ1n) is 12.2. The second-order valence-corrected chi connectivity index (χ2v) is 11.6. The van der Waals surface area contributed by atoms with Crippen molar-refractivity contribution in [2.45, 2.75) is 57.8 Å². The van der Waals surface area contributed by atoms with Crippen LogP contribution in [0.25, 0.3) is 5.57 Å². The van der Waals surface area contributed by atoms with Gasteiger partial charge in [0.25, 0.3) is 11.5 Å². The van der Waals surface area contributed by atoms with Crippen LogP contribution in [0, 0.1) is 5.92 Å². The summed E-state index contributed by atoms with van der Waals surface area (Å²) in [6, 6.07) is 9.13. The number of aromatic amines is 1. The monoisotopic (exact) mass is 518 g/mol. The SMILES string of the molecule is CCCS(=O)(=O)NC(=O)COc1ccc(/C(=C\C2CCCC2)c2ccc(C3CC3)c(=O)[nH]2)cc1Cl. The van der Waals surface area contributed by atoms with Gasteiger partial charge < -0.3 is 9.72 Å². The molecule has 0 bridgehead atoms. The molecule has 7 nitrogen and oxygen atoms in total. The van der Waals surface area contributed by atoms with E-state index in [-0.39, 0.29) is 17.1 Å². The molecule has 0 aliphatic heterocycles. The fraction of sp³-hybridized carbons (Fsp3) is 0.462. The Morgan fingerprint density at radius 3 is 2.54 bits per heavy atom. The van der Waals surface area contributed by atoms with E-state index in [4.69, 9.17) is 16.3 Å². The Labute approximate surface area is 211 Å². The Balaban J connectivity index is 1.54. The number of rotatable bonds is 10. The lowest BCUT2D eigenvalue weighted by atomic mass is 9.95. The van der Waals surface area contributed by atoms with Gasteiger partial charge in [-0.1, -0.05) is 49.6 Å². The van der Waals surface area contributed by atoms with Crippen LogP contribution in [0.15, 0.2) is 41.2 Å². The summed E-state index contributed by atoms with van der Waals surface area (Å²) in [5.74, 6) is 0.189. The molecule has 2 aliphatic carbocycles. The lowest BCUT2D eigenvalue weighted by Gasteiger charge is -2.14. The van der Waals surface area contributed by atoms with Crippen LogP contribution in [0.5, 0.6) is 5.75 Å². The number of nitrogens with one attached hydrogen (secondary N) is 2. The Kier molecular flexibility index (Phi) is 8.02. The number of ether oxygens (including phenoxy) is 1. The molecule has 1 aromatic heterocycles. The van der Waals surface area contributed by atoms with Crippen molar-refractivity contribution in [1.29, 1.82) is 0 Å². The second-order valence-electron chi connectivity index (χ2n) is 9.33. The molecule has 1 amide bonds. The van der Waals surface area contributed by atoms with Gasteiger partial charge in [0.15, 0.2) is 6.61 Å². The van der Waals surface area contributed by atoms with Gasteiger partial charge in [0.1, 0.15) is 5.75 Å². The maximum Gasteiger partial charge on any atom is 0.271 e. The first kappa shape index (κ1) is 25.5. The zero-order chi connectivity index (χ0) is 25.0. The predicted molar refractivity (Wildman–Crippen MR) is 137 cm³/mol. The number of carbonyl (C=O) groups is 1. The summed E-state index contributed by atoms with van der Waals surface area (Å²) in [6.07, 6.45) is 9.34. The summed E-state index contributed by atoms with van der Waals surface area (Å²) < 4.78 is 31.0. The van der Waals surface area contributed by atoms with Gasteiger partial charge in [-0.3, -0.25) is 14.3 Å². The molecule has 9 heteroatoms. The number of halogens is 1. The molecule has 2 aliphatic rings. The molecule has 35 heavy (non-hydrogen) atoms. The number of aromatic nitrogens is 1. The Morgan fingerprint density at radius 2 is 1.91 bits per heavy atom. The number of hydrogen-bond acceptors (Lipinski definition) is 5. The van der Waals surface area contributed by atoms with E-state index in [2.05, 4.69) is 11.1 Å². The third kappa shape index (κ3) is 6.76. The summed E-state index contributed by atoms with van der Waals surface area (Å²) >= 11 is 6.48. The maximum absolute atomic E-state index is 12.7. The molecule has 1 aromatic carbocycles. The van der Waals surface area contributed by atoms with Gasteiger partial charge in [0.05, 0.1) is 10.8 Å². The van der Waals surface area contributed by atoms with Crippen LogP contribution in [0.1, 0.15) is 74.6 Å². The molecular formula is C26H31ClN2O5S. The van der Waals surface area contributed by atoms with Crippen LogP contribution in [-0.2, 0) is 14.8 Å². The van der Waals surface area contributed by atoms with Crippen molar-refractivity contribution in [2.75, 3.05) is 12.4 Å². The van der Waals surface area contributed by atoms with Crippen molar-refractivity contribution in [3.05, 3.63) is 68.6 Å². The molecular weight excluding hydrogens is 488 g/mol. The normalized spacial score (nSPS) is 16.9. The van der Waals surface area contributed by atoms with Gasteiger partial charge in [-0.15, -0.1) is 0 Å². The van der Waals surface area contributed by atoms with Crippen molar-refractivity contribution in [3.8, 4) is 5.75 Å². The molecule has 188 valence electrons. The van der Waals surface area contributed by atoms with E-state index in [1.165, 1.54) is 12.8 Å². The summed E-state index contributed by atoms with van der Waals surface area (Å²) in [5, 5.41) is 0.293. The minimum absolute atomic E-state index is 0.0441. The molecule has 0 radical (unpaired) electrons. The zero-order valence-electron chi connectivity index (χ0n) is 19.8. The van der Waals surface area contributed by atoms with Crippen LogP contribution < -0.4 is 15.0 Å². The molecule has 0 atom stereocenters. The number of H-pyrrole nitrogens is 1. The Hall–Kier alpha value is -2.58. The first-order valence-corrected chi connectivity index (χ1v) is 14.2. The highest BCUT2D eigenvalue weighted by atomic mass is 35.5. The Morgan fingerprint density at radius 1 is 1.17 bits per heavy atom. The fourth-order valence-corrected chi connectivity index (χ4v) is 5.79. The fourth-order valence-electron chi connectivity index (χ4n) is 4.51. The summed E-state index contributed by atoms with van der Waals surface area (Å²) in [7, 11) is -3.66. The molecule has 0 spiro atoms. The highest BCUT2D eigenvalue weighted by Crippen LogP contribution is 2.39. The van der Waals surface area contributed by atoms with E-state index in [0.717, 1.165) is 48.1 Å². The third-order valence-corrected chi connectivity index (χ3v) is 8.17. The zero-order valence-corrected chi connectivity index (χ0v) is 21.4. The van der Waals surface area contributed by atoms with E-state index in [1.54, 1.807) is 19.1 Å². The molecule has 2 aromatic rings. The summed E-state index contributed by atoms with van der Waals surface area (Å²) in [4.78, 5) is 27.7. The average molecular weight is 519 g/mol. The van der Waals surface area contributed by atoms with Crippen LogP contribution in [0.3, 0.4) is 0 Å². The quantitative estimate of drug-likeness (QED) is 0.471. The van der Waals surface area contributed by atoms with Gasteiger partial charge in [0, 0.05) is 16.8 Å². The number of benzene rings is 1. The number of pyridine rings is 1. The molecule has 1 heterocycles. The van der Waals surface area contributed by atoms with Crippen molar-refractivity contribution in [1.82, 2.24) is 9.71 Å². The van der Waals surface area contributed by atoms with Crippen LogP contribution in [0.2, 0.25) is 5.02 Å². The van der Waals surface area contributed by atoms with Crippen molar-refractivity contribution < 1.29 is 17.9 Å². The van der Waals surface area contributed by atoms with Crippen LogP contribution in [0.4, 0.5) is 0 Å². The van der Waals surface area contributed by atoms with E-state index < -0.39 is 22.5 Å². The summed E-state index contributed by atoms with van der Waals surface area (Å²) in [5.41, 5.74) is 3.29. The van der Waals surface area contributed by atoms with E-state index in [1.807, 2.05) is 22.9 Å². The number of allylic oxidation sites excluding steroid dienone is 1. The molecule has 4 rings (SSSR count). The van der Waals surface area contributed by atoms with Crippen LogP contribution in [-0.4, -0.2) is 31.7 Å². The summed E-state index contributed by atoms with van der Waals surface area (Å²) in [6.45, 7) is 1.25. The minimum atomic E-state index is -3.66. The lowest BCUT2D eigenvalue weighted by molar-refractivity contribution is -0.121. The van der Waals surface area contributed by atoms with Crippen LogP contribution >= 0.6 is 11.6 Å². The first-order chi connectivity index (χ1) is 16.8. The largest absolute Gasteiger partial charge is 0.482 e. The topological polar surface area (TPSA) is 105 Å². The van der Waals surface area contributed by atoms with Gasteiger partial charge in [-0.2, -0.15) is 0 Å². The molecule has 0 saturated heterocycles. The Bertz CT molecular complexity index is 1270. The van der Waals surface area contributed by atoms with E-state index >= 15 is 0 Å². The van der Waals surface area contributed by atoms with Crippen molar-refractivity contribution >= 4 is 33.1 Å². The van der Waals surface area contributed by atoms with Gasteiger partial charge in [-0.25, -0.2) is 8.42 Å². The minimum Gasteiger partial charge on any atom is -0.482 e. The highest BCUT2D eigenvalue weighted by molar-refractivity contribution is 7.90. The molecule has 0 unspecified atom stereocenters. The van der Waals surface area contributed by atoms with Gasteiger partial charge >= 0.3 is 0 Å². The highest BCUT2D eigenvalue weighted by Gasteiger charge is 2.26. The van der Waals surface area contributed by atoms with E-state index in [9.17, 15) is 18.0 Å². The number of sulfonamides is 1. The molecule has 2 saturated carbocycles.